The summed E-state index contributed by atoms with van der Waals surface area (Å²) in [5.41, 5.74) is 4.09. The Kier molecular flexibility index (Phi) is 6.33. The van der Waals surface area contributed by atoms with Gasteiger partial charge in [0.1, 0.15) is 0 Å². The van der Waals surface area contributed by atoms with E-state index in [-0.39, 0.29) is 13.5 Å². The van der Waals surface area contributed by atoms with Crippen LogP contribution in [-0.4, -0.2) is 0 Å². The molecule has 1 heteroatoms. The van der Waals surface area contributed by atoms with Crippen LogP contribution in [0.5, 0.6) is 0 Å². The van der Waals surface area contributed by atoms with E-state index in [1.165, 1.54) is 27.5 Å². The van der Waals surface area contributed by atoms with Crippen molar-refractivity contribution in [2.45, 2.75) is 20.8 Å². The van der Waals surface area contributed by atoms with Crippen molar-refractivity contribution in [3.8, 4) is 0 Å². The third-order valence-corrected chi connectivity index (χ3v) is 3.41. The molecule has 0 aliphatic heterocycles. The number of rotatable bonds is 0. The average Bonchev–Trinajstić information content (AvgIpc) is 2.45. The van der Waals surface area contributed by atoms with E-state index in [9.17, 15) is 0 Å². The van der Waals surface area contributed by atoms with E-state index in [0.29, 0.717) is 0 Å². The van der Waals surface area contributed by atoms with E-state index in [0.717, 1.165) is 0 Å². The zero-order valence-corrected chi connectivity index (χ0v) is 13.4. The lowest BCUT2D eigenvalue weighted by Crippen LogP contribution is -1.82. The molecule has 104 valence electrons. The topological polar surface area (TPSA) is 0 Å². The number of fused-ring (bicyclic) bond motifs is 1. The Hall–Kier alpha value is -1.73. The van der Waals surface area contributed by atoms with Crippen LogP contribution in [0.2, 0.25) is 0 Å². The van der Waals surface area contributed by atoms with E-state index in [1.54, 1.807) is 0 Å². The Bertz CT molecular complexity index is 657. The molecule has 3 aromatic rings. The lowest BCUT2D eigenvalue weighted by molar-refractivity contribution is 1.38. The zero-order valence-electron chi connectivity index (χ0n) is 12.4. The molecule has 0 heterocycles. The van der Waals surface area contributed by atoms with Crippen LogP contribution in [-0.2, 0) is 0 Å². The third kappa shape index (κ3) is 4.14. The Labute approximate surface area is 128 Å². The summed E-state index contributed by atoms with van der Waals surface area (Å²) in [6.45, 7) is 6.42. The van der Waals surface area contributed by atoms with Crippen LogP contribution in [0.1, 0.15) is 16.7 Å². The first kappa shape index (κ1) is 16.3. The molecule has 0 radical (unpaired) electrons. The first-order chi connectivity index (χ1) is 9.18. The summed E-state index contributed by atoms with van der Waals surface area (Å²) >= 11 is 0. The van der Waals surface area contributed by atoms with Crippen molar-refractivity contribution >= 4 is 24.3 Å². The van der Waals surface area contributed by atoms with Crippen LogP contribution in [0.4, 0.5) is 0 Å². The van der Waals surface area contributed by atoms with E-state index in [1.807, 2.05) is 18.2 Å². The SMILES string of the molecule is Cc1ccc2ccccc2c1C.Cc1ccccc1.S. The fourth-order valence-corrected chi connectivity index (χ4v) is 2.07. The van der Waals surface area contributed by atoms with E-state index < -0.39 is 0 Å². The molecule has 3 rings (SSSR count). The Balaban J connectivity index is 0.000000216. The van der Waals surface area contributed by atoms with Gasteiger partial charge in [0, 0.05) is 0 Å². The molecule has 0 amide bonds. The van der Waals surface area contributed by atoms with Gasteiger partial charge in [-0.05, 0) is 42.7 Å². The lowest BCUT2D eigenvalue weighted by atomic mass is 10.0. The van der Waals surface area contributed by atoms with Gasteiger partial charge in [-0.25, -0.2) is 0 Å². The molecule has 0 aliphatic carbocycles. The van der Waals surface area contributed by atoms with Crippen LogP contribution in [0, 0.1) is 20.8 Å². The van der Waals surface area contributed by atoms with Gasteiger partial charge < -0.3 is 0 Å². The third-order valence-electron chi connectivity index (χ3n) is 3.41. The second-order valence-electron chi connectivity index (χ2n) is 4.88. The van der Waals surface area contributed by atoms with Gasteiger partial charge in [0.25, 0.3) is 0 Å². The quantitative estimate of drug-likeness (QED) is 0.506. The van der Waals surface area contributed by atoms with Crippen molar-refractivity contribution in [1.29, 1.82) is 0 Å². The number of aryl methyl sites for hydroxylation is 3. The highest BCUT2D eigenvalue weighted by Crippen LogP contribution is 2.20. The predicted octanol–water partition coefficient (Wildman–Crippen LogP) is 5.56. The second kappa shape index (κ2) is 7.76. The molecule has 0 N–H and O–H groups in total. The first-order valence-corrected chi connectivity index (χ1v) is 6.65. The molecule has 20 heavy (non-hydrogen) atoms. The van der Waals surface area contributed by atoms with Gasteiger partial charge in [-0.15, -0.1) is 0 Å². The van der Waals surface area contributed by atoms with E-state index in [2.05, 4.69) is 69.3 Å². The summed E-state index contributed by atoms with van der Waals surface area (Å²) in [6.07, 6.45) is 0. The van der Waals surface area contributed by atoms with Crippen LogP contribution >= 0.6 is 13.5 Å². The summed E-state index contributed by atoms with van der Waals surface area (Å²) in [6, 6.07) is 23.1. The summed E-state index contributed by atoms with van der Waals surface area (Å²) in [5.74, 6) is 0. The van der Waals surface area contributed by atoms with Crippen molar-refractivity contribution in [1.82, 2.24) is 0 Å². The van der Waals surface area contributed by atoms with Gasteiger partial charge in [-0.1, -0.05) is 72.3 Å². The monoisotopic (exact) mass is 282 g/mol. The summed E-state index contributed by atoms with van der Waals surface area (Å²) in [4.78, 5) is 0. The fourth-order valence-electron chi connectivity index (χ4n) is 2.07. The highest BCUT2D eigenvalue weighted by atomic mass is 32.1. The van der Waals surface area contributed by atoms with Gasteiger partial charge in [0.05, 0.1) is 0 Å². The van der Waals surface area contributed by atoms with E-state index in [4.69, 9.17) is 0 Å². The highest BCUT2D eigenvalue weighted by molar-refractivity contribution is 7.59. The molecular formula is C19H22S. The maximum absolute atomic E-state index is 2.18. The fraction of sp³-hybridized carbons (Fsp3) is 0.158. The molecule has 0 saturated heterocycles. The van der Waals surface area contributed by atoms with Crippen LogP contribution in [0.3, 0.4) is 0 Å². The average molecular weight is 282 g/mol. The maximum Gasteiger partial charge on any atom is -0.0152 e. The molecule has 0 nitrogen and oxygen atoms in total. The Morgan fingerprint density at radius 3 is 1.80 bits per heavy atom. The van der Waals surface area contributed by atoms with Crippen LogP contribution in [0.25, 0.3) is 10.8 Å². The Morgan fingerprint density at radius 2 is 1.20 bits per heavy atom. The molecule has 0 atom stereocenters. The molecule has 0 saturated carbocycles. The molecule has 0 spiro atoms. The molecular weight excluding hydrogens is 260 g/mol. The van der Waals surface area contributed by atoms with Crippen molar-refractivity contribution < 1.29 is 0 Å². The maximum atomic E-state index is 2.18. The van der Waals surface area contributed by atoms with Crippen LogP contribution < -0.4 is 0 Å². The minimum Gasteiger partial charge on any atom is -0.197 e. The Morgan fingerprint density at radius 1 is 0.600 bits per heavy atom. The van der Waals surface area contributed by atoms with Crippen molar-refractivity contribution in [3.63, 3.8) is 0 Å². The molecule has 0 bridgehead atoms. The summed E-state index contributed by atoms with van der Waals surface area (Å²) in [5, 5.41) is 2.71. The van der Waals surface area contributed by atoms with Gasteiger partial charge >= 0.3 is 0 Å². The van der Waals surface area contributed by atoms with Crippen molar-refractivity contribution in [2.75, 3.05) is 0 Å². The standard InChI is InChI=1S/C12H12.C7H8.H2S/c1-9-7-8-11-5-3-4-6-12(11)10(9)2;1-7-5-3-2-4-6-7;/h3-8H,1-2H3;2-6H,1H3;1H2. The predicted molar refractivity (Wildman–Crippen MR) is 95.0 cm³/mol. The summed E-state index contributed by atoms with van der Waals surface area (Å²) in [7, 11) is 0. The van der Waals surface area contributed by atoms with Crippen LogP contribution in [0.15, 0.2) is 66.7 Å². The summed E-state index contributed by atoms with van der Waals surface area (Å²) < 4.78 is 0. The van der Waals surface area contributed by atoms with Gasteiger partial charge in [0.2, 0.25) is 0 Å². The van der Waals surface area contributed by atoms with E-state index >= 15 is 0 Å². The minimum atomic E-state index is 0. The van der Waals surface area contributed by atoms with Crippen molar-refractivity contribution in [2.24, 2.45) is 0 Å². The van der Waals surface area contributed by atoms with Crippen molar-refractivity contribution in [3.05, 3.63) is 83.4 Å². The molecule has 3 aromatic carbocycles. The van der Waals surface area contributed by atoms with Gasteiger partial charge in [0.15, 0.2) is 0 Å². The largest absolute Gasteiger partial charge is 0.197 e. The molecule has 0 fully saturated rings. The zero-order chi connectivity index (χ0) is 13.7. The molecule has 0 aliphatic rings. The lowest BCUT2D eigenvalue weighted by Gasteiger charge is -2.04. The number of hydrogen-bond donors (Lipinski definition) is 0. The highest BCUT2D eigenvalue weighted by Gasteiger charge is 1.97. The van der Waals surface area contributed by atoms with Gasteiger partial charge in [-0.2, -0.15) is 13.5 Å². The number of hydrogen-bond acceptors (Lipinski definition) is 0. The van der Waals surface area contributed by atoms with Gasteiger partial charge in [-0.3, -0.25) is 0 Å². The molecule has 0 aromatic heterocycles. The molecule has 0 unspecified atom stereocenters. The first-order valence-electron chi connectivity index (χ1n) is 6.65. The minimum absolute atomic E-state index is 0. The number of benzene rings is 3. The normalized spacial score (nSPS) is 9.35. The smallest absolute Gasteiger partial charge is 0.0152 e. The second-order valence-corrected chi connectivity index (χ2v) is 4.88.